The molecule has 0 amide bonds. The molecule has 0 aliphatic rings. The van der Waals surface area contributed by atoms with Gasteiger partial charge >= 0.3 is 5.97 Å². The van der Waals surface area contributed by atoms with Crippen molar-refractivity contribution < 1.29 is 14.3 Å². The van der Waals surface area contributed by atoms with E-state index in [0.29, 0.717) is 11.1 Å². The van der Waals surface area contributed by atoms with Crippen LogP contribution in [0.15, 0.2) is 28.8 Å². The van der Waals surface area contributed by atoms with E-state index in [4.69, 9.17) is 15.3 Å². The fourth-order valence-electron chi connectivity index (χ4n) is 1.16. The summed E-state index contributed by atoms with van der Waals surface area (Å²) in [7, 11) is 0. The number of carboxylic acid groups (broad SMARTS) is 1. The van der Waals surface area contributed by atoms with Crippen molar-refractivity contribution in [3.8, 4) is 0 Å². The molecule has 0 saturated carbocycles. The molecular formula is C9H8N2O3. The molecule has 2 rings (SSSR count). The first-order chi connectivity index (χ1) is 6.68. The number of hydrogen-bond acceptors (Lipinski definition) is 4. The lowest BCUT2D eigenvalue weighted by Gasteiger charge is -1.99. The Morgan fingerprint density at radius 2 is 2.43 bits per heavy atom. The third-order valence-electron chi connectivity index (χ3n) is 1.88. The zero-order chi connectivity index (χ0) is 10.1. The van der Waals surface area contributed by atoms with E-state index in [1.807, 2.05) is 0 Å². The molecule has 0 aromatic carbocycles. The molecule has 5 nitrogen and oxygen atoms in total. The van der Waals surface area contributed by atoms with Gasteiger partial charge in [0.2, 0.25) is 0 Å². The number of aromatic nitrogens is 1. The molecule has 3 N–H and O–H groups in total. The highest BCUT2D eigenvalue weighted by Crippen LogP contribution is 2.20. The minimum absolute atomic E-state index is 0.214. The van der Waals surface area contributed by atoms with Gasteiger partial charge in [0, 0.05) is 12.3 Å². The number of furan rings is 1. The van der Waals surface area contributed by atoms with Crippen molar-refractivity contribution in [3.05, 3.63) is 30.2 Å². The Hall–Kier alpha value is -1.88. The second-order valence-electron chi connectivity index (χ2n) is 2.85. The van der Waals surface area contributed by atoms with E-state index in [2.05, 4.69) is 4.98 Å². The quantitative estimate of drug-likeness (QED) is 0.738. The monoisotopic (exact) mass is 192 g/mol. The maximum absolute atomic E-state index is 10.6. The zero-order valence-corrected chi connectivity index (χ0v) is 7.18. The Bertz CT molecular complexity index is 445. The summed E-state index contributed by atoms with van der Waals surface area (Å²) in [5, 5.41) is 8.66. The van der Waals surface area contributed by atoms with E-state index in [9.17, 15) is 4.79 Å². The highest BCUT2D eigenvalue weighted by molar-refractivity contribution is 5.78. The second-order valence-corrected chi connectivity index (χ2v) is 2.85. The molecule has 0 aliphatic heterocycles. The Kier molecular flexibility index (Phi) is 1.94. The Morgan fingerprint density at radius 3 is 3.07 bits per heavy atom. The van der Waals surface area contributed by atoms with Crippen molar-refractivity contribution in [2.24, 2.45) is 5.73 Å². The van der Waals surface area contributed by atoms with Gasteiger partial charge in [-0.2, -0.15) is 0 Å². The second kappa shape index (κ2) is 3.12. The Balaban J connectivity index is 2.50. The first-order valence-electron chi connectivity index (χ1n) is 4.01. The smallest absolute Gasteiger partial charge is 0.328 e. The normalized spacial score (nSPS) is 12.9. The van der Waals surface area contributed by atoms with Gasteiger partial charge in [-0.1, -0.05) is 0 Å². The van der Waals surface area contributed by atoms with Crippen LogP contribution in [0.1, 0.15) is 11.8 Å². The average molecular weight is 192 g/mol. The lowest BCUT2D eigenvalue weighted by atomic mass is 10.2. The van der Waals surface area contributed by atoms with Gasteiger partial charge in [-0.3, -0.25) is 9.78 Å². The predicted octanol–water partition coefficient (Wildman–Crippen LogP) is 0.912. The number of nitrogens with two attached hydrogens (primary N) is 1. The number of pyridine rings is 1. The summed E-state index contributed by atoms with van der Waals surface area (Å²) in [6.07, 6.45) is 1.61. The molecule has 2 heterocycles. The SMILES string of the molecule is NC(C(=O)O)c1cc2ncccc2o1. The molecular weight excluding hydrogens is 184 g/mol. The minimum Gasteiger partial charge on any atom is -0.480 e. The summed E-state index contributed by atoms with van der Waals surface area (Å²) in [6, 6.07) is 3.82. The van der Waals surface area contributed by atoms with Crippen LogP contribution in [-0.2, 0) is 4.79 Å². The Morgan fingerprint density at radius 1 is 1.64 bits per heavy atom. The molecule has 1 atom stereocenters. The number of aliphatic carboxylic acids is 1. The highest BCUT2D eigenvalue weighted by Gasteiger charge is 2.18. The van der Waals surface area contributed by atoms with Crippen molar-refractivity contribution >= 4 is 17.1 Å². The number of carbonyl (C=O) groups is 1. The first-order valence-corrected chi connectivity index (χ1v) is 4.01. The summed E-state index contributed by atoms with van der Waals surface area (Å²) in [5.74, 6) is -0.907. The molecule has 0 bridgehead atoms. The third-order valence-corrected chi connectivity index (χ3v) is 1.88. The molecule has 0 radical (unpaired) electrons. The van der Waals surface area contributed by atoms with Crippen LogP contribution in [0.3, 0.4) is 0 Å². The zero-order valence-electron chi connectivity index (χ0n) is 7.18. The maximum atomic E-state index is 10.6. The molecule has 14 heavy (non-hydrogen) atoms. The van der Waals surface area contributed by atoms with Gasteiger partial charge in [-0.15, -0.1) is 0 Å². The number of hydrogen-bond donors (Lipinski definition) is 2. The summed E-state index contributed by atoms with van der Waals surface area (Å²) >= 11 is 0. The van der Waals surface area contributed by atoms with Crippen LogP contribution in [0.5, 0.6) is 0 Å². The number of nitrogens with zero attached hydrogens (tertiary/aromatic N) is 1. The van der Waals surface area contributed by atoms with E-state index in [1.54, 1.807) is 18.3 Å². The lowest BCUT2D eigenvalue weighted by Crippen LogP contribution is -2.19. The summed E-state index contributed by atoms with van der Waals surface area (Å²) < 4.78 is 5.22. The number of carboxylic acids is 1. The minimum atomic E-state index is -1.14. The van der Waals surface area contributed by atoms with Crippen LogP contribution in [0.25, 0.3) is 11.1 Å². The fraction of sp³-hybridized carbons (Fsp3) is 0.111. The molecule has 0 saturated heterocycles. The maximum Gasteiger partial charge on any atom is 0.328 e. The van der Waals surface area contributed by atoms with E-state index in [-0.39, 0.29) is 5.76 Å². The van der Waals surface area contributed by atoms with Gasteiger partial charge in [0.15, 0.2) is 11.6 Å². The van der Waals surface area contributed by atoms with E-state index in [0.717, 1.165) is 0 Å². The van der Waals surface area contributed by atoms with Crippen LogP contribution >= 0.6 is 0 Å². The molecule has 5 heteroatoms. The van der Waals surface area contributed by atoms with E-state index in [1.165, 1.54) is 6.07 Å². The molecule has 1 unspecified atom stereocenters. The Labute approximate surface area is 79.2 Å². The molecule has 0 fully saturated rings. The van der Waals surface area contributed by atoms with Crippen LogP contribution in [-0.4, -0.2) is 16.1 Å². The van der Waals surface area contributed by atoms with E-state index >= 15 is 0 Å². The van der Waals surface area contributed by atoms with Gasteiger partial charge in [0.05, 0.1) is 0 Å². The van der Waals surface area contributed by atoms with Crippen molar-refractivity contribution in [1.29, 1.82) is 0 Å². The summed E-state index contributed by atoms with van der Waals surface area (Å²) in [5.41, 5.74) is 6.53. The van der Waals surface area contributed by atoms with Gasteiger partial charge in [0.1, 0.15) is 11.3 Å². The topological polar surface area (TPSA) is 89.4 Å². The van der Waals surface area contributed by atoms with Crippen LogP contribution in [0, 0.1) is 0 Å². The molecule has 72 valence electrons. The largest absolute Gasteiger partial charge is 0.480 e. The molecule has 2 aromatic heterocycles. The lowest BCUT2D eigenvalue weighted by molar-refractivity contribution is -0.139. The molecule has 0 spiro atoms. The first kappa shape index (κ1) is 8.71. The van der Waals surface area contributed by atoms with Gasteiger partial charge in [0.25, 0.3) is 0 Å². The highest BCUT2D eigenvalue weighted by atomic mass is 16.4. The fourth-order valence-corrected chi connectivity index (χ4v) is 1.16. The van der Waals surface area contributed by atoms with Crippen molar-refractivity contribution in [2.45, 2.75) is 6.04 Å². The molecule has 2 aromatic rings. The van der Waals surface area contributed by atoms with Crippen molar-refractivity contribution in [2.75, 3.05) is 0 Å². The average Bonchev–Trinajstić information content (AvgIpc) is 2.59. The van der Waals surface area contributed by atoms with Crippen LogP contribution < -0.4 is 5.73 Å². The van der Waals surface area contributed by atoms with Crippen LogP contribution in [0.4, 0.5) is 0 Å². The number of fused-ring (bicyclic) bond motifs is 1. The standard InChI is InChI=1S/C9H8N2O3/c10-8(9(12)13)7-4-5-6(14-7)2-1-3-11-5/h1-4,8H,10H2,(H,12,13). The van der Waals surface area contributed by atoms with E-state index < -0.39 is 12.0 Å². The van der Waals surface area contributed by atoms with Gasteiger partial charge in [-0.25, -0.2) is 0 Å². The summed E-state index contributed by atoms with van der Waals surface area (Å²) in [6.45, 7) is 0. The number of rotatable bonds is 2. The third kappa shape index (κ3) is 1.33. The van der Waals surface area contributed by atoms with Crippen LogP contribution in [0.2, 0.25) is 0 Å². The van der Waals surface area contributed by atoms with Crippen molar-refractivity contribution in [3.63, 3.8) is 0 Å². The predicted molar refractivity (Wildman–Crippen MR) is 48.6 cm³/mol. The molecule has 0 aliphatic carbocycles. The van der Waals surface area contributed by atoms with Crippen molar-refractivity contribution in [1.82, 2.24) is 4.98 Å². The summed E-state index contributed by atoms with van der Waals surface area (Å²) in [4.78, 5) is 14.6. The van der Waals surface area contributed by atoms with Gasteiger partial charge < -0.3 is 15.3 Å². The van der Waals surface area contributed by atoms with Gasteiger partial charge in [-0.05, 0) is 12.1 Å².